The minimum Gasteiger partial charge on any atom is -0.481 e. The molecule has 27 heavy (non-hydrogen) atoms. The molecule has 3 saturated carbocycles. The van der Waals surface area contributed by atoms with Gasteiger partial charge in [0.15, 0.2) is 0 Å². The minimum atomic E-state index is -0.757. The maximum atomic E-state index is 10.8. The van der Waals surface area contributed by atoms with Crippen molar-refractivity contribution in [3.8, 4) is 11.8 Å². The minimum absolute atomic E-state index is 0.0754. The summed E-state index contributed by atoms with van der Waals surface area (Å²) in [6.07, 6.45) is 11.2. The average molecular weight is 375 g/mol. The second kappa shape index (κ2) is 8.80. The Bertz CT molecular complexity index is 622. The van der Waals surface area contributed by atoms with Gasteiger partial charge >= 0.3 is 5.97 Å². The molecular weight excluding hydrogens is 340 g/mol. The Kier molecular flexibility index (Phi) is 6.65. The Balaban J connectivity index is 1.70. The molecule has 5 atom stereocenters. The van der Waals surface area contributed by atoms with E-state index in [1.54, 1.807) is 0 Å². The predicted octanol–water partition coefficient (Wildman–Crippen LogP) is 3.91. The number of carboxylic acid groups (broad SMARTS) is 1. The Morgan fingerprint density at radius 1 is 1.30 bits per heavy atom. The summed E-state index contributed by atoms with van der Waals surface area (Å²) in [5.41, 5.74) is 1.44. The molecule has 3 N–H and O–H groups in total. The van der Waals surface area contributed by atoms with Crippen molar-refractivity contribution in [3.63, 3.8) is 0 Å². The van der Waals surface area contributed by atoms with E-state index in [0.29, 0.717) is 12.3 Å². The predicted molar refractivity (Wildman–Crippen MR) is 105 cm³/mol. The molecule has 0 aromatic heterocycles. The number of carboxylic acids is 1. The normalized spacial score (nSPS) is 36.3. The van der Waals surface area contributed by atoms with E-state index in [0.717, 1.165) is 38.5 Å². The van der Waals surface area contributed by atoms with E-state index in [9.17, 15) is 15.0 Å². The summed E-state index contributed by atoms with van der Waals surface area (Å²) in [5.74, 6) is 6.17. The lowest BCUT2D eigenvalue weighted by molar-refractivity contribution is -0.136. The van der Waals surface area contributed by atoms with E-state index in [2.05, 4.69) is 24.8 Å². The molecule has 0 amide bonds. The van der Waals surface area contributed by atoms with Crippen LogP contribution in [0, 0.1) is 35.0 Å². The lowest BCUT2D eigenvalue weighted by Crippen LogP contribution is -2.53. The zero-order chi connectivity index (χ0) is 19.4. The van der Waals surface area contributed by atoms with Crippen LogP contribution >= 0.6 is 0 Å². The second-order valence-electron chi connectivity index (χ2n) is 8.75. The van der Waals surface area contributed by atoms with E-state index in [-0.39, 0.29) is 23.7 Å². The van der Waals surface area contributed by atoms with Crippen molar-refractivity contribution < 1.29 is 20.1 Å². The van der Waals surface area contributed by atoms with Crippen LogP contribution in [-0.4, -0.2) is 33.5 Å². The van der Waals surface area contributed by atoms with Crippen LogP contribution in [0.25, 0.3) is 0 Å². The van der Waals surface area contributed by atoms with Gasteiger partial charge in [-0.05, 0) is 62.2 Å². The van der Waals surface area contributed by atoms with E-state index < -0.39 is 18.2 Å². The van der Waals surface area contributed by atoms with Crippen LogP contribution in [0.5, 0.6) is 0 Å². The fraction of sp³-hybridized carbons (Fsp3) is 0.783. The molecule has 1 unspecified atom stereocenters. The Morgan fingerprint density at radius 3 is 2.70 bits per heavy atom. The van der Waals surface area contributed by atoms with Crippen molar-refractivity contribution >= 4 is 5.97 Å². The van der Waals surface area contributed by atoms with Crippen LogP contribution in [0.4, 0.5) is 0 Å². The van der Waals surface area contributed by atoms with Crippen molar-refractivity contribution in [1.82, 2.24) is 0 Å². The molecule has 3 aliphatic carbocycles. The van der Waals surface area contributed by atoms with Crippen LogP contribution < -0.4 is 0 Å². The molecule has 0 spiro atoms. The van der Waals surface area contributed by atoms with Crippen molar-refractivity contribution in [3.05, 3.63) is 11.6 Å². The van der Waals surface area contributed by atoms with Crippen molar-refractivity contribution in [2.75, 3.05) is 0 Å². The van der Waals surface area contributed by atoms with Crippen LogP contribution in [0.3, 0.4) is 0 Å². The van der Waals surface area contributed by atoms with Gasteiger partial charge in [0.05, 0.1) is 12.0 Å². The van der Waals surface area contributed by atoms with Crippen molar-refractivity contribution in [2.24, 2.45) is 23.2 Å². The van der Waals surface area contributed by atoms with Crippen LogP contribution in [0.1, 0.15) is 77.6 Å². The summed E-state index contributed by atoms with van der Waals surface area (Å²) in [4.78, 5) is 10.8. The number of hydrogen-bond acceptors (Lipinski definition) is 3. The zero-order valence-electron chi connectivity index (χ0n) is 16.5. The maximum Gasteiger partial charge on any atom is 0.303 e. The van der Waals surface area contributed by atoms with E-state index in [1.807, 2.05) is 0 Å². The van der Waals surface area contributed by atoms with Gasteiger partial charge in [-0.25, -0.2) is 0 Å². The fourth-order valence-corrected chi connectivity index (χ4v) is 5.68. The Morgan fingerprint density at radius 2 is 2.04 bits per heavy atom. The smallest absolute Gasteiger partial charge is 0.303 e. The van der Waals surface area contributed by atoms with Gasteiger partial charge in [-0.2, -0.15) is 0 Å². The molecule has 0 radical (unpaired) electrons. The first kappa shape index (κ1) is 20.4. The van der Waals surface area contributed by atoms with Crippen molar-refractivity contribution in [2.45, 2.75) is 89.8 Å². The quantitative estimate of drug-likeness (QED) is 0.504. The molecule has 0 bridgehead atoms. The lowest BCUT2D eigenvalue weighted by Gasteiger charge is -2.58. The Hall–Kier alpha value is -1.31. The zero-order valence-corrected chi connectivity index (χ0v) is 16.5. The number of hydrogen-bond donors (Lipinski definition) is 3. The third-order valence-electron chi connectivity index (χ3n) is 7.40. The SMILES string of the molecule is CC[C@]12CC[C@@H](O)[C@H](C#CC(O)C3CCCCC3)[C@H]1C/C2=C\CCC(=O)O. The van der Waals surface area contributed by atoms with E-state index >= 15 is 0 Å². The molecule has 0 aromatic carbocycles. The molecule has 3 fully saturated rings. The first-order chi connectivity index (χ1) is 13.0. The molecule has 3 rings (SSSR count). The first-order valence-electron chi connectivity index (χ1n) is 10.8. The van der Waals surface area contributed by atoms with Gasteiger partial charge < -0.3 is 15.3 Å². The number of allylic oxidation sites excluding steroid dienone is 2. The van der Waals surface area contributed by atoms with Crippen molar-refractivity contribution in [1.29, 1.82) is 0 Å². The van der Waals surface area contributed by atoms with Gasteiger partial charge in [0.1, 0.15) is 6.10 Å². The summed E-state index contributed by atoms with van der Waals surface area (Å²) < 4.78 is 0. The molecule has 150 valence electrons. The highest BCUT2D eigenvalue weighted by Crippen LogP contribution is 2.62. The third kappa shape index (κ3) is 4.25. The molecule has 4 heteroatoms. The molecule has 0 aliphatic heterocycles. The summed E-state index contributed by atoms with van der Waals surface area (Å²) >= 11 is 0. The van der Waals surface area contributed by atoms with Crippen LogP contribution in [-0.2, 0) is 4.79 Å². The van der Waals surface area contributed by atoms with Gasteiger partial charge in [0, 0.05) is 6.42 Å². The van der Waals surface area contributed by atoms with E-state index in [4.69, 9.17) is 5.11 Å². The van der Waals surface area contributed by atoms with Crippen LogP contribution in [0.2, 0.25) is 0 Å². The summed E-state index contributed by atoms with van der Waals surface area (Å²) in [6.45, 7) is 2.19. The number of carbonyl (C=O) groups is 1. The largest absolute Gasteiger partial charge is 0.481 e. The highest BCUT2D eigenvalue weighted by Gasteiger charge is 2.56. The summed E-state index contributed by atoms with van der Waals surface area (Å²) in [7, 11) is 0. The molecular formula is C23H34O4. The molecule has 4 nitrogen and oxygen atoms in total. The number of fused-ring (bicyclic) bond motifs is 1. The molecule has 0 heterocycles. The molecule has 0 saturated heterocycles. The average Bonchev–Trinajstić information content (AvgIpc) is 2.66. The summed E-state index contributed by atoms with van der Waals surface area (Å²) in [5, 5.41) is 29.9. The van der Waals surface area contributed by atoms with Gasteiger partial charge in [0.25, 0.3) is 0 Å². The van der Waals surface area contributed by atoms with Gasteiger partial charge in [-0.3, -0.25) is 4.79 Å². The first-order valence-corrected chi connectivity index (χ1v) is 10.8. The highest BCUT2D eigenvalue weighted by atomic mass is 16.4. The number of aliphatic carboxylic acids is 1. The number of aliphatic hydroxyl groups is 2. The number of rotatable bonds is 5. The van der Waals surface area contributed by atoms with Gasteiger partial charge in [0.2, 0.25) is 0 Å². The topological polar surface area (TPSA) is 77.8 Å². The van der Waals surface area contributed by atoms with Gasteiger partial charge in [-0.15, -0.1) is 0 Å². The molecule has 3 aliphatic rings. The second-order valence-corrected chi connectivity index (χ2v) is 8.75. The fourth-order valence-electron chi connectivity index (χ4n) is 5.68. The third-order valence-corrected chi connectivity index (χ3v) is 7.40. The number of aliphatic hydroxyl groups excluding tert-OH is 2. The highest BCUT2D eigenvalue weighted by molar-refractivity contribution is 5.66. The maximum absolute atomic E-state index is 10.8. The Labute approximate surface area is 163 Å². The lowest BCUT2D eigenvalue weighted by atomic mass is 9.46. The standard InChI is InChI=1S/C23H34O4/c1-2-23-14-13-21(25)18(11-12-20(24)16-7-4-3-5-8-16)19(23)15-17(23)9-6-10-22(26)27/h9,16,18-21,24-25H,2-8,10,13-15H2,1H3,(H,26,27)/b17-9+/t18-,19-,20?,21-,23-/m1/s1. The van der Waals surface area contributed by atoms with E-state index in [1.165, 1.54) is 24.8 Å². The van der Waals surface area contributed by atoms with Gasteiger partial charge in [-0.1, -0.05) is 49.7 Å². The molecule has 0 aromatic rings. The van der Waals surface area contributed by atoms with Crippen LogP contribution in [0.15, 0.2) is 11.6 Å². The monoisotopic (exact) mass is 374 g/mol. The summed E-state index contributed by atoms with van der Waals surface area (Å²) in [6, 6.07) is 0.